The number of nitrogens with two attached hydrogens (primary N) is 1. The van der Waals surface area contributed by atoms with Crippen LogP contribution in [0.3, 0.4) is 0 Å². The molecule has 128 valence electrons. The van der Waals surface area contributed by atoms with Crippen LogP contribution in [0.5, 0.6) is 0 Å². The summed E-state index contributed by atoms with van der Waals surface area (Å²) in [6.45, 7) is 7.78. The van der Waals surface area contributed by atoms with E-state index in [9.17, 15) is 4.79 Å². The van der Waals surface area contributed by atoms with Gasteiger partial charge in [-0.25, -0.2) is 0 Å². The van der Waals surface area contributed by atoms with Gasteiger partial charge in [0.25, 0.3) is 0 Å². The molecule has 3 rings (SSSR count). The Morgan fingerprint density at radius 3 is 2.65 bits per heavy atom. The van der Waals surface area contributed by atoms with E-state index in [4.69, 9.17) is 11.1 Å². The van der Waals surface area contributed by atoms with E-state index in [1.807, 2.05) is 13.8 Å². The Balaban J connectivity index is 1.79. The minimum Gasteiger partial charge on any atom is -0.403 e. The van der Waals surface area contributed by atoms with Gasteiger partial charge in [0.1, 0.15) is 11.5 Å². The number of rotatable bonds is 3. The third-order valence-corrected chi connectivity index (χ3v) is 5.40. The molecule has 0 radical (unpaired) electrons. The maximum atomic E-state index is 12.7. The van der Waals surface area contributed by atoms with E-state index in [1.165, 1.54) is 25.6 Å². The van der Waals surface area contributed by atoms with Crippen molar-refractivity contribution in [3.8, 4) is 0 Å². The highest BCUT2D eigenvalue weighted by Crippen LogP contribution is 2.33. The fraction of sp³-hybridized carbons (Fsp3) is 0.765. The van der Waals surface area contributed by atoms with Gasteiger partial charge in [-0.15, -0.1) is 0 Å². The SMILES string of the molecule is CN1C(=O)C(C)(C)CN([C@@H]2CCN(CC3CC3)C2)C(=N)/C1=C\N. The van der Waals surface area contributed by atoms with Crippen molar-refractivity contribution in [3.63, 3.8) is 0 Å². The van der Waals surface area contributed by atoms with Crippen LogP contribution in [0, 0.1) is 16.7 Å². The van der Waals surface area contributed by atoms with Gasteiger partial charge in [-0.05, 0) is 39.0 Å². The maximum absolute atomic E-state index is 12.7. The number of carbonyl (C=O) groups is 1. The molecule has 0 spiro atoms. The van der Waals surface area contributed by atoms with E-state index < -0.39 is 5.41 Å². The lowest BCUT2D eigenvalue weighted by molar-refractivity contribution is -0.136. The summed E-state index contributed by atoms with van der Waals surface area (Å²) in [7, 11) is 1.72. The summed E-state index contributed by atoms with van der Waals surface area (Å²) in [5, 5.41) is 8.59. The van der Waals surface area contributed by atoms with Crippen molar-refractivity contribution in [3.05, 3.63) is 11.9 Å². The number of hydrogen-bond donors (Lipinski definition) is 2. The molecule has 2 heterocycles. The van der Waals surface area contributed by atoms with Crippen LogP contribution in [-0.4, -0.2) is 65.7 Å². The molecular weight excluding hydrogens is 290 g/mol. The van der Waals surface area contributed by atoms with Gasteiger partial charge in [-0.1, -0.05) is 0 Å². The number of likely N-dealkylation sites (N-methyl/N-ethyl adjacent to an activating group) is 1. The first-order valence-corrected chi connectivity index (χ1v) is 8.61. The molecule has 3 N–H and O–H groups in total. The Hall–Kier alpha value is -1.56. The molecule has 1 saturated carbocycles. The summed E-state index contributed by atoms with van der Waals surface area (Å²) in [6, 6.07) is 0.301. The Bertz CT molecular complexity index is 537. The summed E-state index contributed by atoms with van der Waals surface area (Å²) >= 11 is 0. The van der Waals surface area contributed by atoms with Gasteiger partial charge in [-0.2, -0.15) is 0 Å². The molecule has 0 bridgehead atoms. The molecule has 6 heteroatoms. The fourth-order valence-corrected chi connectivity index (χ4v) is 3.84. The normalized spacial score (nSPS) is 31.1. The minimum atomic E-state index is -0.518. The zero-order valence-corrected chi connectivity index (χ0v) is 14.5. The van der Waals surface area contributed by atoms with Crippen molar-refractivity contribution in [1.29, 1.82) is 5.41 Å². The predicted molar refractivity (Wildman–Crippen MR) is 90.8 cm³/mol. The van der Waals surface area contributed by atoms with E-state index in [0.29, 0.717) is 24.1 Å². The third-order valence-electron chi connectivity index (χ3n) is 5.40. The molecule has 1 atom stereocenters. The van der Waals surface area contributed by atoms with E-state index in [2.05, 4.69) is 9.80 Å². The molecule has 0 aromatic heterocycles. The topological polar surface area (TPSA) is 76.7 Å². The monoisotopic (exact) mass is 319 g/mol. The van der Waals surface area contributed by atoms with Crippen molar-refractivity contribution < 1.29 is 4.79 Å². The van der Waals surface area contributed by atoms with Crippen molar-refractivity contribution in [2.45, 2.75) is 39.2 Å². The average Bonchev–Trinajstić information content (AvgIpc) is 3.20. The largest absolute Gasteiger partial charge is 0.403 e. The first kappa shape index (κ1) is 16.3. The van der Waals surface area contributed by atoms with Gasteiger partial charge in [-0.3, -0.25) is 10.2 Å². The van der Waals surface area contributed by atoms with Gasteiger partial charge in [0.15, 0.2) is 0 Å². The van der Waals surface area contributed by atoms with Crippen molar-refractivity contribution in [2.24, 2.45) is 17.1 Å². The van der Waals surface area contributed by atoms with Gasteiger partial charge in [0, 0.05) is 45.5 Å². The average molecular weight is 319 g/mol. The second-order valence-corrected chi connectivity index (χ2v) is 7.92. The number of nitrogens with zero attached hydrogens (tertiary/aromatic N) is 3. The Morgan fingerprint density at radius 1 is 1.35 bits per heavy atom. The molecule has 2 saturated heterocycles. The lowest BCUT2D eigenvalue weighted by Crippen LogP contribution is -2.46. The van der Waals surface area contributed by atoms with Crippen LogP contribution in [0.2, 0.25) is 0 Å². The number of amides is 1. The lowest BCUT2D eigenvalue weighted by Gasteiger charge is -2.34. The molecular formula is C17H29N5O. The first-order valence-electron chi connectivity index (χ1n) is 8.61. The highest BCUT2D eigenvalue weighted by Gasteiger charge is 2.43. The Labute approximate surface area is 138 Å². The first-order chi connectivity index (χ1) is 10.8. The molecule has 0 aromatic carbocycles. The molecule has 3 fully saturated rings. The smallest absolute Gasteiger partial charge is 0.234 e. The second-order valence-electron chi connectivity index (χ2n) is 7.92. The Morgan fingerprint density at radius 2 is 2.04 bits per heavy atom. The van der Waals surface area contributed by atoms with Crippen LogP contribution >= 0.6 is 0 Å². The summed E-state index contributed by atoms with van der Waals surface area (Å²) in [6.07, 6.45) is 5.19. The maximum Gasteiger partial charge on any atom is 0.234 e. The number of amidine groups is 1. The number of carbonyl (C=O) groups excluding carboxylic acids is 1. The van der Waals surface area contributed by atoms with Crippen molar-refractivity contribution in [1.82, 2.24) is 14.7 Å². The van der Waals surface area contributed by atoms with E-state index in [1.54, 1.807) is 11.9 Å². The van der Waals surface area contributed by atoms with Crippen LogP contribution in [0.15, 0.2) is 11.9 Å². The molecule has 6 nitrogen and oxygen atoms in total. The predicted octanol–water partition coefficient (Wildman–Crippen LogP) is 1.05. The highest BCUT2D eigenvalue weighted by molar-refractivity contribution is 6.02. The van der Waals surface area contributed by atoms with Crippen LogP contribution in [0.25, 0.3) is 0 Å². The number of nitrogens with one attached hydrogen (secondary N) is 1. The van der Waals surface area contributed by atoms with E-state index >= 15 is 0 Å². The lowest BCUT2D eigenvalue weighted by atomic mass is 9.91. The molecule has 0 unspecified atom stereocenters. The van der Waals surface area contributed by atoms with Gasteiger partial charge >= 0.3 is 0 Å². The number of hydrogen-bond acceptors (Lipinski definition) is 4. The van der Waals surface area contributed by atoms with Crippen LogP contribution in [-0.2, 0) is 4.79 Å². The molecule has 1 aliphatic carbocycles. The molecule has 2 aliphatic heterocycles. The molecule has 0 aromatic rings. The molecule has 1 amide bonds. The van der Waals surface area contributed by atoms with Crippen molar-refractivity contribution >= 4 is 11.7 Å². The summed E-state index contributed by atoms with van der Waals surface area (Å²) in [5.74, 6) is 1.29. The summed E-state index contributed by atoms with van der Waals surface area (Å²) in [4.78, 5) is 18.8. The van der Waals surface area contributed by atoms with E-state index in [0.717, 1.165) is 25.4 Å². The fourth-order valence-electron chi connectivity index (χ4n) is 3.84. The summed E-state index contributed by atoms with van der Waals surface area (Å²) < 4.78 is 0. The Kier molecular flexibility index (Phi) is 4.12. The number of likely N-dealkylation sites (tertiary alicyclic amines) is 1. The van der Waals surface area contributed by atoms with Gasteiger partial charge < -0.3 is 20.4 Å². The van der Waals surface area contributed by atoms with E-state index in [-0.39, 0.29) is 5.91 Å². The van der Waals surface area contributed by atoms with Crippen molar-refractivity contribution in [2.75, 3.05) is 33.2 Å². The second kappa shape index (κ2) is 5.82. The minimum absolute atomic E-state index is 0.0225. The van der Waals surface area contributed by atoms with Gasteiger partial charge in [0.05, 0.1) is 5.41 Å². The standard InChI is InChI=1S/C17H29N5O/c1-17(2)11-22(15(19)14(8-18)20(3)16(17)23)13-6-7-21(10-13)9-12-4-5-12/h8,12-13,19H,4-7,9-11,18H2,1-3H3/b14-8+,19-15?/t13-/m1/s1. The van der Waals surface area contributed by atoms with Crippen LogP contribution in [0.1, 0.15) is 33.1 Å². The molecule has 23 heavy (non-hydrogen) atoms. The quantitative estimate of drug-likeness (QED) is 0.815. The zero-order chi connectivity index (χ0) is 16.8. The van der Waals surface area contributed by atoms with Gasteiger partial charge in [0.2, 0.25) is 5.91 Å². The zero-order valence-electron chi connectivity index (χ0n) is 14.5. The van der Waals surface area contributed by atoms with Crippen LogP contribution < -0.4 is 5.73 Å². The molecule has 3 aliphatic rings. The summed E-state index contributed by atoms with van der Waals surface area (Å²) in [5.41, 5.74) is 5.73. The highest BCUT2D eigenvalue weighted by atomic mass is 16.2. The van der Waals surface area contributed by atoms with Crippen LogP contribution in [0.4, 0.5) is 0 Å². The third kappa shape index (κ3) is 3.09.